The van der Waals surface area contributed by atoms with Crippen LogP contribution in [0.3, 0.4) is 0 Å². The summed E-state index contributed by atoms with van der Waals surface area (Å²) < 4.78 is 4.99. The van der Waals surface area contributed by atoms with Crippen molar-refractivity contribution >= 4 is 28.6 Å². The lowest BCUT2D eigenvalue weighted by molar-refractivity contribution is -0.113. The number of hydrogen-bond acceptors (Lipinski definition) is 4. The molecular formula is C11H16ClNO2S. The van der Waals surface area contributed by atoms with E-state index in [4.69, 9.17) is 22.1 Å². The Bertz CT molecular complexity index is 281. The summed E-state index contributed by atoms with van der Waals surface area (Å²) in [5.74, 6) is 1.74. The van der Waals surface area contributed by atoms with Gasteiger partial charge in [0, 0.05) is 12.3 Å². The number of hydrogen-bond donors (Lipinski definition) is 1. The Morgan fingerprint density at radius 2 is 2.06 bits per heavy atom. The highest BCUT2D eigenvalue weighted by Crippen LogP contribution is 2.07. The first-order chi connectivity index (χ1) is 7.70. The number of halogens is 1. The molecule has 90 valence electrons. The molecule has 1 rings (SSSR count). The van der Waals surface area contributed by atoms with Gasteiger partial charge in [0.1, 0.15) is 5.75 Å². The smallest absolute Gasteiger partial charge is 0.259 e. The second kappa shape index (κ2) is 10.8. The number of nitrogens with two attached hydrogens (primary N) is 1. The van der Waals surface area contributed by atoms with Gasteiger partial charge in [-0.1, -0.05) is 18.2 Å². The molecule has 0 bridgehead atoms. The van der Waals surface area contributed by atoms with E-state index in [-0.39, 0.29) is 6.61 Å². The molecule has 0 saturated heterocycles. The van der Waals surface area contributed by atoms with E-state index in [9.17, 15) is 4.79 Å². The SMILES string of the molecule is CSCCN.O=C(Cl)COc1ccccc1. The second-order valence-electron chi connectivity index (χ2n) is 2.74. The van der Waals surface area contributed by atoms with E-state index in [0.717, 1.165) is 12.3 Å². The molecule has 16 heavy (non-hydrogen) atoms. The van der Waals surface area contributed by atoms with Gasteiger partial charge in [-0.25, -0.2) is 0 Å². The Hall–Kier alpha value is -0.710. The van der Waals surface area contributed by atoms with Crippen LogP contribution in [0, 0.1) is 0 Å². The molecule has 0 unspecified atom stereocenters. The minimum Gasteiger partial charge on any atom is -0.484 e. The first-order valence-electron chi connectivity index (χ1n) is 4.76. The van der Waals surface area contributed by atoms with E-state index in [2.05, 4.69) is 0 Å². The Labute approximate surface area is 105 Å². The minimum absolute atomic E-state index is 0.0778. The van der Waals surface area contributed by atoms with Crippen molar-refractivity contribution in [2.75, 3.05) is 25.2 Å². The molecule has 0 heterocycles. The molecule has 0 aliphatic rings. The van der Waals surface area contributed by atoms with Crippen LogP contribution in [0.1, 0.15) is 0 Å². The monoisotopic (exact) mass is 261 g/mol. The fourth-order valence-corrected chi connectivity index (χ4v) is 1.06. The van der Waals surface area contributed by atoms with E-state index in [1.54, 1.807) is 23.9 Å². The zero-order valence-electron chi connectivity index (χ0n) is 9.19. The topological polar surface area (TPSA) is 52.3 Å². The highest BCUT2D eigenvalue weighted by Gasteiger charge is 1.95. The summed E-state index contributed by atoms with van der Waals surface area (Å²) in [5, 5.41) is -0.492. The third-order valence-electron chi connectivity index (χ3n) is 1.42. The van der Waals surface area contributed by atoms with Crippen molar-refractivity contribution in [3.8, 4) is 5.75 Å². The molecule has 0 saturated carbocycles. The molecular weight excluding hydrogens is 246 g/mol. The third-order valence-corrected chi connectivity index (χ3v) is 2.17. The summed E-state index contributed by atoms with van der Waals surface area (Å²) in [6.07, 6.45) is 2.05. The molecule has 0 aromatic heterocycles. The Morgan fingerprint density at radius 3 is 2.44 bits per heavy atom. The quantitative estimate of drug-likeness (QED) is 0.825. The summed E-state index contributed by atoms with van der Waals surface area (Å²) in [6, 6.07) is 9.05. The van der Waals surface area contributed by atoms with Crippen molar-refractivity contribution in [3.63, 3.8) is 0 Å². The van der Waals surface area contributed by atoms with Gasteiger partial charge in [0.2, 0.25) is 0 Å². The molecule has 0 fully saturated rings. The van der Waals surface area contributed by atoms with Crippen molar-refractivity contribution in [3.05, 3.63) is 30.3 Å². The maximum atomic E-state index is 10.3. The van der Waals surface area contributed by atoms with Crippen LogP contribution in [0.4, 0.5) is 0 Å². The highest BCUT2D eigenvalue weighted by atomic mass is 35.5. The molecule has 5 heteroatoms. The van der Waals surface area contributed by atoms with Crippen LogP contribution in [-0.4, -0.2) is 30.4 Å². The molecule has 0 aliphatic heterocycles. The molecule has 0 radical (unpaired) electrons. The summed E-state index contributed by atoms with van der Waals surface area (Å²) in [4.78, 5) is 10.3. The Morgan fingerprint density at radius 1 is 1.44 bits per heavy atom. The third kappa shape index (κ3) is 9.83. The summed E-state index contributed by atoms with van der Waals surface area (Å²) in [5.41, 5.74) is 5.12. The van der Waals surface area contributed by atoms with Crippen LogP contribution in [0.15, 0.2) is 30.3 Å². The standard InChI is InChI=1S/C8H7ClO2.C3H9NS/c9-8(10)6-11-7-4-2-1-3-5-7;1-5-3-2-4/h1-5H,6H2;2-4H2,1H3. The van der Waals surface area contributed by atoms with Crippen molar-refractivity contribution < 1.29 is 9.53 Å². The number of benzene rings is 1. The van der Waals surface area contributed by atoms with Crippen molar-refractivity contribution in [2.45, 2.75) is 0 Å². The molecule has 0 spiro atoms. The Kier molecular flexibility index (Phi) is 10.3. The van der Waals surface area contributed by atoms with Gasteiger partial charge in [0.15, 0.2) is 6.61 Å². The summed E-state index contributed by atoms with van der Waals surface area (Å²) in [7, 11) is 0. The largest absolute Gasteiger partial charge is 0.484 e. The van der Waals surface area contributed by atoms with Gasteiger partial charge in [0.25, 0.3) is 5.24 Å². The molecule has 2 N–H and O–H groups in total. The van der Waals surface area contributed by atoms with E-state index in [1.807, 2.05) is 24.5 Å². The van der Waals surface area contributed by atoms with Crippen LogP contribution >= 0.6 is 23.4 Å². The number of carbonyl (C=O) groups is 1. The highest BCUT2D eigenvalue weighted by molar-refractivity contribution is 7.98. The van der Waals surface area contributed by atoms with Crippen LogP contribution in [0.5, 0.6) is 5.75 Å². The van der Waals surface area contributed by atoms with E-state index in [0.29, 0.717) is 5.75 Å². The van der Waals surface area contributed by atoms with Gasteiger partial charge in [-0.2, -0.15) is 11.8 Å². The van der Waals surface area contributed by atoms with Crippen molar-refractivity contribution in [2.24, 2.45) is 5.73 Å². The lowest BCUT2D eigenvalue weighted by atomic mass is 10.3. The minimum atomic E-state index is -0.492. The predicted molar refractivity (Wildman–Crippen MR) is 70.2 cm³/mol. The normalized spacial score (nSPS) is 8.94. The van der Waals surface area contributed by atoms with Crippen LogP contribution in [0.2, 0.25) is 0 Å². The lowest BCUT2D eigenvalue weighted by Crippen LogP contribution is -2.03. The number of thioether (sulfide) groups is 1. The van der Waals surface area contributed by atoms with E-state index < -0.39 is 5.24 Å². The maximum Gasteiger partial charge on any atom is 0.259 e. The second-order valence-corrected chi connectivity index (χ2v) is 4.15. The summed E-state index contributed by atoms with van der Waals surface area (Å²) >= 11 is 6.84. The first kappa shape index (κ1) is 15.3. The van der Waals surface area contributed by atoms with Crippen LogP contribution in [-0.2, 0) is 4.79 Å². The van der Waals surface area contributed by atoms with Gasteiger partial charge < -0.3 is 10.5 Å². The number of ether oxygens (including phenoxy) is 1. The number of para-hydroxylation sites is 1. The fraction of sp³-hybridized carbons (Fsp3) is 0.364. The number of rotatable bonds is 5. The Balaban J connectivity index is 0.000000385. The number of carbonyl (C=O) groups excluding carboxylic acids is 1. The first-order valence-corrected chi connectivity index (χ1v) is 6.53. The van der Waals surface area contributed by atoms with Crippen LogP contribution < -0.4 is 10.5 Å². The molecule has 0 amide bonds. The van der Waals surface area contributed by atoms with Gasteiger partial charge >= 0.3 is 0 Å². The summed E-state index contributed by atoms with van der Waals surface area (Å²) in [6.45, 7) is 0.729. The van der Waals surface area contributed by atoms with Gasteiger partial charge in [-0.05, 0) is 30.0 Å². The van der Waals surface area contributed by atoms with Crippen LogP contribution in [0.25, 0.3) is 0 Å². The van der Waals surface area contributed by atoms with Gasteiger partial charge in [-0.3, -0.25) is 4.79 Å². The molecule has 3 nitrogen and oxygen atoms in total. The van der Waals surface area contributed by atoms with Gasteiger partial charge in [0.05, 0.1) is 0 Å². The molecule has 0 aliphatic carbocycles. The van der Waals surface area contributed by atoms with Crippen molar-refractivity contribution in [1.82, 2.24) is 0 Å². The molecule has 1 aromatic rings. The van der Waals surface area contributed by atoms with Gasteiger partial charge in [-0.15, -0.1) is 0 Å². The van der Waals surface area contributed by atoms with Crippen molar-refractivity contribution in [1.29, 1.82) is 0 Å². The average molecular weight is 262 g/mol. The zero-order chi connectivity index (χ0) is 12.2. The zero-order valence-corrected chi connectivity index (χ0v) is 10.8. The maximum absolute atomic E-state index is 10.3. The average Bonchev–Trinajstić information content (AvgIpc) is 2.30. The predicted octanol–water partition coefficient (Wildman–Crippen LogP) is 2.14. The van der Waals surface area contributed by atoms with E-state index >= 15 is 0 Å². The fourth-order valence-electron chi connectivity index (χ4n) is 0.775. The van der Waals surface area contributed by atoms with E-state index in [1.165, 1.54) is 0 Å². The molecule has 1 aromatic carbocycles. The lowest BCUT2D eigenvalue weighted by Gasteiger charge is -2.00. The molecule has 0 atom stereocenters.